The molecule has 0 bridgehead atoms. The Morgan fingerprint density at radius 1 is 1.28 bits per heavy atom. The zero-order valence-corrected chi connectivity index (χ0v) is 10.4. The van der Waals surface area contributed by atoms with Gasteiger partial charge in [0.25, 0.3) is 0 Å². The molecule has 1 unspecified atom stereocenters. The molecule has 5 heteroatoms. The number of hydrogen-bond acceptors (Lipinski definition) is 1. The molecule has 18 heavy (non-hydrogen) atoms. The average Bonchev–Trinajstić information content (AvgIpc) is 2.26. The molecule has 1 N–H and O–H groups in total. The summed E-state index contributed by atoms with van der Waals surface area (Å²) in [6.07, 6.45) is -2.67. The molecular formula is C13H17F4N. The van der Waals surface area contributed by atoms with Crippen LogP contribution in [0.4, 0.5) is 17.6 Å². The maximum Gasteiger partial charge on any atom is 0.416 e. The van der Waals surface area contributed by atoms with E-state index in [1.165, 1.54) is 6.07 Å². The van der Waals surface area contributed by atoms with Gasteiger partial charge in [-0.05, 0) is 31.0 Å². The van der Waals surface area contributed by atoms with Crippen LogP contribution in [-0.4, -0.2) is 6.04 Å². The van der Waals surface area contributed by atoms with E-state index in [9.17, 15) is 17.6 Å². The van der Waals surface area contributed by atoms with Crippen LogP contribution in [0.25, 0.3) is 0 Å². The predicted molar refractivity (Wildman–Crippen MR) is 62.6 cm³/mol. The van der Waals surface area contributed by atoms with E-state index in [-0.39, 0.29) is 18.2 Å². The summed E-state index contributed by atoms with van der Waals surface area (Å²) in [5.41, 5.74) is -0.828. The van der Waals surface area contributed by atoms with E-state index in [1.54, 1.807) is 0 Å². The molecule has 0 aliphatic rings. The third-order valence-corrected chi connectivity index (χ3v) is 2.74. The summed E-state index contributed by atoms with van der Waals surface area (Å²) in [6, 6.07) is 2.92. The van der Waals surface area contributed by atoms with Crippen LogP contribution in [0.15, 0.2) is 18.2 Å². The highest BCUT2D eigenvalue weighted by atomic mass is 19.4. The van der Waals surface area contributed by atoms with Crippen molar-refractivity contribution in [3.8, 4) is 0 Å². The van der Waals surface area contributed by atoms with Crippen LogP contribution in [0.2, 0.25) is 0 Å². The number of alkyl halides is 3. The molecular weight excluding hydrogens is 246 g/mol. The monoisotopic (exact) mass is 263 g/mol. The van der Waals surface area contributed by atoms with E-state index >= 15 is 0 Å². The van der Waals surface area contributed by atoms with Gasteiger partial charge in [-0.25, -0.2) is 4.39 Å². The van der Waals surface area contributed by atoms with Crippen molar-refractivity contribution < 1.29 is 17.6 Å². The van der Waals surface area contributed by atoms with Gasteiger partial charge >= 0.3 is 6.18 Å². The lowest BCUT2D eigenvalue weighted by Crippen LogP contribution is -2.26. The first-order valence-corrected chi connectivity index (χ1v) is 5.93. The summed E-state index contributed by atoms with van der Waals surface area (Å²) in [4.78, 5) is 0. The lowest BCUT2D eigenvalue weighted by atomic mass is 10.1. The highest BCUT2D eigenvalue weighted by Crippen LogP contribution is 2.32. The molecule has 1 atom stereocenters. The van der Waals surface area contributed by atoms with Crippen molar-refractivity contribution in [2.75, 3.05) is 0 Å². The van der Waals surface area contributed by atoms with Crippen molar-refractivity contribution in [3.63, 3.8) is 0 Å². The van der Waals surface area contributed by atoms with Crippen LogP contribution in [0.1, 0.15) is 37.8 Å². The number of nitrogens with one attached hydrogen (secondary N) is 1. The van der Waals surface area contributed by atoms with Crippen LogP contribution in [0.3, 0.4) is 0 Å². The Bertz CT molecular complexity index is 387. The van der Waals surface area contributed by atoms with Crippen LogP contribution in [-0.2, 0) is 12.7 Å². The van der Waals surface area contributed by atoms with Gasteiger partial charge in [0.15, 0.2) is 0 Å². The summed E-state index contributed by atoms with van der Waals surface area (Å²) in [7, 11) is 0. The molecule has 1 nitrogen and oxygen atoms in total. The number of benzene rings is 1. The quantitative estimate of drug-likeness (QED) is 0.788. The van der Waals surface area contributed by atoms with E-state index in [0.29, 0.717) is 6.07 Å². The van der Waals surface area contributed by atoms with Crippen molar-refractivity contribution in [3.05, 3.63) is 35.1 Å². The maximum atomic E-state index is 12.9. The molecule has 0 radical (unpaired) electrons. The van der Waals surface area contributed by atoms with E-state index in [1.807, 2.05) is 13.8 Å². The predicted octanol–water partition coefficient (Wildman–Crippen LogP) is 4.12. The van der Waals surface area contributed by atoms with Gasteiger partial charge in [0.1, 0.15) is 5.82 Å². The topological polar surface area (TPSA) is 12.0 Å². The van der Waals surface area contributed by atoms with Crippen molar-refractivity contribution in [2.45, 2.75) is 45.5 Å². The Hall–Kier alpha value is -1.10. The van der Waals surface area contributed by atoms with Gasteiger partial charge in [-0.2, -0.15) is 13.2 Å². The second kappa shape index (κ2) is 6.18. The zero-order valence-electron chi connectivity index (χ0n) is 10.4. The van der Waals surface area contributed by atoms with Crippen molar-refractivity contribution in [2.24, 2.45) is 0 Å². The van der Waals surface area contributed by atoms with Crippen LogP contribution in [0.5, 0.6) is 0 Å². The van der Waals surface area contributed by atoms with E-state index < -0.39 is 17.6 Å². The molecule has 102 valence electrons. The fourth-order valence-corrected chi connectivity index (χ4v) is 1.79. The first kappa shape index (κ1) is 15.0. The highest BCUT2D eigenvalue weighted by Gasteiger charge is 2.33. The first-order valence-electron chi connectivity index (χ1n) is 5.93. The molecule has 0 spiro atoms. The summed E-state index contributed by atoms with van der Waals surface area (Å²) in [6.45, 7) is 4.02. The van der Waals surface area contributed by atoms with Gasteiger partial charge in [-0.15, -0.1) is 0 Å². The molecule has 1 rings (SSSR count). The molecule has 1 aromatic rings. The fourth-order valence-electron chi connectivity index (χ4n) is 1.79. The molecule has 1 aromatic carbocycles. The fraction of sp³-hybridized carbons (Fsp3) is 0.538. The average molecular weight is 263 g/mol. The van der Waals surface area contributed by atoms with Crippen LogP contribution >= 0.6 is 0 Å². The molecule has 0 heterocycles. The molecule has 0 aliphatic carbocycles. The van der Waals surface area contributed by atoms with Crippen LogP contribution in [0, 0.1) is 5.82 Å². The maximum absolute atomic E-state index is 12.9. The highest BCUT2D eigenvalue weighted by molar-refractivity contribution is 5.30. The molecule has 0 saturated heterocycles. The third kappa shape index (κ3) is 4.29. The minimum Gasteiger partial charge on any atom is -0.310 e. The Labute approximate surface area is 104 Å². The lowest BCUT2D eigenvalue weighted by Gasteiger charge is -2.16. The number of rotatable bonds is 5. The summed E-state index contributed by atoms with van der Waals surface area (Å²) < 4.78 is 51.0. The molecule has 0 saturated carbocycles. The summed E-state index contributed by atoms with van der Waals surface area (Å²) in [5.74, 6) is -0.868. The third-order valence-electron chi connectivity index (χ3n) is 2.74. The van der Waals surface area contributed by atoms with Gasteiger partial charge in [0.2, 0.25) is 0 Å². The largest absolute Gasteiger partial charge is 0.416 e. The smallest absolute Gasteiger partial charge is 0.310 e. The Morgan fingerprint density at radius 2 is 1.94 bits per heavy atom. The second-order valence-corrected chi connectivity index (χ2v) is 4.37. The zero-order chi connectivity index (χ0) is 13.8. The van der Waals surface area contributed by atoms with Crippen molar-refractivity contribution >= 4 is 0 Å². The minimum atomic E-state index is -4.52. The number of halogens is 4. The van der Waals surface area contributed by atoms with Crippen molar-refractivity contribution in [1.82, 2.24) is 5.32 Å². The van der Waals surface area contributed by atoms with Gasteiger partial charge in [0.05, 0.1) is 5.56 Å². The minimum absolute atomic E-state index is 0.0758. The van der Waals surface area contributed by atoms with Crippen LogP contribution < -0.4 is 5.32 Å². The second-order valence-electron chi connectivity index (χ2n) is 4.37. The Morgan fingerprint density at radius 3 is 2.50 bits per heavy atom. The van der Waals surface area contributed by atoms with E-state index in [0.717, 1.165) is 18.9 Å². The van der Waals surface area contributed by atoms with Gasteiger partial charge < -0.3 is 5.32 Å². The standard InChI is InChI=1S/C13H17F4N/c1-3-4-9(2)18-8-10-5-6-11(14)7-12(10)13(15,16)17/h5-7,9,18H,3-4,8H2,1-2H3. The van der Waals surface area contributed by atoms with Gasteiger partial charge in [-0.3, -0.25) is 0 Å². The SMILES string of the molecule is CCCC(C)NCc1ccc(F)cc1C(F)(F)F. The van der Waals surface area contributed by atoms with E-state index in [2.05, 4.69) is 5.32 Å². The Kier molecular flexibility index (Phi) is 5.14. The van der Waals surface area contributed by atoms with Crippen molar-refractivity contribution in [1.29, 1.82) is 0 Å². The first-order chi connectivity index (χ1) is 8.34. The molecule has 0 aromatic heterocycles. The normalized spacial score (nSPS) is 13.7. The van der Waals surface area contributed by atoms with Gasteiger partial charge in [0, 0.05) is 12.6 Å². The van der Waals surface area contributed by atoms with Gasteiger partial charge in [-0.1, -0.05) is 19.4 Å². The summed E-state index contributed by atoms with van der Waals surface area (Å²) >= 11 is 0. The number of hydrogen-bond donors (Lipinski definition) is 1. The van der Waals surface area contributed by atoms with E-state index in [4.69, 9.17) is 0 Å². The lowest BCUT2D eigenvalue weighted by molar-refractivity contribution is -0.138. The molecule has 0 aliphatic heterocycles. The Balaban J connectivity index is 2.82. The molecule has 0 fully saturated rings. The molecule has 0 amide bonds. The summed E-state index contributed by atoms with van der Waals surface area (Å²) in [5, 5.41) is 3.01.